The number of aromatic hydroxyl groups is 1. The molecule has 0 amide bonds. The Balaban J connectivity index is 1.61. The first-order valence-electron chi connectivity index (χ1n) is 6.99. The second-order valence-electron chi connectivity index (χ2n) is 5.16. The van der Waals surface area contributed by atoms with Crippen molar-refractivity contribution in [3.63, 3.8) is 0 Å². The Hall–Kier alpha value is -2.01. The summed E-state index contributed by atoms with van der Waals surface area (Å²) in [6.07, 6.45) is 5.98. The van der Waals surface area contributed by atoms with Crippen molar-refractivity contribution in [2.45, 2.75) is 12.8 Å². The zero-order valence-electron chi connectivity index (χ0n) is 11.3. The van der Waals surface area contributed by atoms with E-state index >= 15 is 0 Å². The molecule has 2 aromatic rings. The minimum Gasteiger partial charge on any atom is -0.508 e. The number of benzene rings is 1. The molecular formula is C15H19N3O2. The maximum absolute atomic E-state index is 9.48. The molecule has 3 rings (SSSR count). The van der Waals surface area contributed by atoms with Crippen molar-refractivity contribution in [3.8, 4) is 17.2 Å². The molecule has 1 aromatic carbocycles. The summed E-state index contributed by atoms with van der Waals surface area (Å²) in [5, 5.41) is 17.1. The summed E-state index contributed by atoms with van der Waals surface area (Å²) in [5.41, 5.74) is 0.819. The van der Waals surface area contributed by atoms with Gasteiger partial charge in [-0.15, -0.1) is 0 Å². The van der Waals surface area contributed by atoms with Crippen molar-refractivity contribution in [1.29, 1.82) is 0 Å². The SMILES string of the molecule is Oc1cccc(-n2cc(OCC3CCCNC3)cn2)c1. The minimum absolute atomic E-state index is 0.230. The Kier molecular flexibility index (Phi) is 3.87. The Bertz CT molecular complexity index is 562. The summed E-state index contributed by atoms with van der Waals surface area (Å²) in [6, 6.07) is 6.99. The van der Waals surface area contributed by atoms with E-state index in [1.54, 1.807) is 29.1 Å². The van der Waals surface area contributed by atoms with Gasteiger partial charge in [0.2, 0.25) is 0 Å². The van der Waals surface area contributed by atoms with Crippen molar-refractivity contribution in [3.05, 3.63) is 36.7 Å². The van der Waals surface area contributed by atoms with E-state index < -0.39 is 0 Å². The highest BCUT2D eigenvalue weighted by Gasteiger charge is 2.14. The van der Waals surface area contributed by atoms with Crippen molar-refractivity contribution < 1.29 is 9.84 Å². The van der Waals surface area contributed by atoms with Gasteiger partial charge in [-0.05, 0) is 31.5 Å². The predicted octanol–water partition coefficient (Wildman–Crippen LogP) is 1.96. The second-order valence-corrected chi connectivity index (χ2v) is 5.16. The number of hydrogen-bond donors (Lipinski definition) is 2. The van der Waals surface area contributed by atoms with E-state index in [2.05, 4.69) is 10.4 Å². The molecule has 1 saturated heterocycles. The van der Waals surface area contributed by atoms with Crippen LogP contribution in [0.2, 0.25) is 0 Å². The maximum atomic E-state index is 9.48. The molecule has 0 saturated carbocycles. The number of hydrogen-bond acceptors (Lipinski definition) is 4. The highest BCUT2D eigenvalue weighted by Crippen LogP contribution is 2.19. The summed E-state index contributed by atoms with van der Waals surface area (Å²) in [7, 11) is 0. The largest absolute Gasteiger partial charge is 0.508 e. The van der Waals surface area contributed by atoms with Crippen LogP contribution in [0.1, 0.15) is 12.8 Å². The van der Waals surface area contributed by atoms with Crippen LogP contribution in [0, 0.1) is 5.92 Å². The molecule has 20 heavy (non-hydrogen) atoms. The van der Waals surface area contributed by atoms with Crippen LogP contribution in [-0.4, -0.2) is 34.6 Å². The van der Waals surface area contributed by atoms with Gasteiger partial charge >= 0.3 is 0 Å². The van der Waals surface area contributed by atoms with Gasteiger partial charge in [-0.2, -0.15) is 5.10 Å². The molecule has 0 spiro atoms. The lowest BCUT2D eigenvalue weighted by atomic mass is 10.0. The van der Waals surface area contributed by atoms with Gasteiger partial charge < -0.3 is 15.2 Å². The first-order chi connectivity index (χ1) is 9.81. The standard InChI is InChI=1S/C15H19N3O2/c19-14-5-1-4-13(7-14)18-10-15(9-17-18)20-11-12-3-2-6-16-8-12/h1,4-5,7,9-10,12,16,19H,2-3,6,8,11H2. The lowest BCUT2D eigenvalue weighted by Gasteiger charge is -2.22. The molecule has 1 unspecified atom stereocenters. The quantitative estimate of drug-likeness (QED) is 0.894. The van der Waals surface area contributed by atoms with Gasteiger partial charge in [-0.3, -0.25) is 0 Å². The van der Waals surface area contributed by atoms with Crippen LogP contribution in [0.4, 0.5) is 0 Å². The van der Waals surface area contributed by atoms with Crippen LogP contribution in [0.25, 0.3) is 5.69 Å². The molecule has 0 aliphatic carbocycles. The van der Waals surface area contributed by atoms with E-state index in [1.165, 1.54) is 12.8 Å². The Morgan fingerprint density at radius 2 is 2.40 bits per heavy atom. The van der Waals surface area contributed by atoms with Crippen LogP contribution in [-0.2, 0) is 0 Å². The summed E-state index contributed by atoms with van der Waals surface area (Å²) in [6.45, 7) is 2.87. The normalized spacial score (nSPS) is 18.9. The third-order valence-electron chi connectivity index (χ3n) is 3.54. The highest BCUT2D eigenvalue weighted by atomic mass is 16.5. The lowest BCUT2D eigenvalue weighted by Crippen LogP contribution is -2.32. The first-order valence-corrected chi connectivity index (χ1v) is 6.99. The molecule has 1 atom stereocenters. The van der Waals surface area contributed by atoms with Gasteiger partial charge in [0.1, 0.15) is 5.75 Å². The summed E-state index contributed by atoms with van der Waals surface area (Å²) in [5.74, 6) is 1.57. The fourth-order valence-electron chi connectivity index (χ4n) is 2.44. The third-order valence-corrected chi connectivity index (χ3v) is 3.54. The smallest absolute Gasteiger partial charge is 0.157 e. The summed E-state index contributed by atoms with van der Waals surface area (Å²) < 4.78 is 7.49. The summed E-state index contributed by atoms with van der Waals surface area (Å²) >= 11 is 0. The predicted molar refractivity (Wildman–Crippen MR) is 76.3 cm³/mol. The Labute approximate surface area is 118 Å². The molecule has 1 aliphatic heterocycles. The molecule has 1 aliphatic rings. The molecule has 0 bridgehead atoms. The number of nitrogens with one attached hydrogen (secondary N) is 1. The molecule has 0 radical (unpaired) electrons. The fraction of sp³-hybridized carbons (Fsp3) is 0.400. The average Bonchev–Trinajstić information content (AvgIpc) is 2.95. The monoisotopic (exact) mass is 273 g/mol. The van der Waals surface area contributed by atoms with E-state index in [4.69, 9.17) is 4.74 Å². The first kappa shape index (κ1) is 13.0. The van der Waals surface area contributed by atoms with Gasteiger partial charge in [-0.25, -0.2) is 4.68 Å². The Morgan fingerprint density at radius 1 is 1.45 bits per heavy atom. The zero-order valence-corrected chi connectivity index (χ0v) is 11.3. The summed E-state index contributed by atoms with van der Waals surface area (Å²) in [4.78, 5) is 0. The molecule has 5 heteroatoms. The molecule has 5 nitrogen and oxygen atoms in total. The van der Waals surface area contributed by atoms with Gasteiger partial charge in [0.25, 0.3) is 0 Å². The minimum atomic E-state index is 0.230. The number of ether oxygens (including phenoxy) is 1. The van der Waals surface area contributed by atoms with Crippen molar-refractivity contribution in [2.24, 2.45) is 5.92 Å². The number of phenols is 1. The molecular weight excluding hydrogens is 254 g/mol. The van der Waals surface area contributed by atoms with E-state index in [1.807, 2.05) is 12.3 Å². The van der Waals surface area contributed by atoms with Crippen molar-refractivity contribution >= 4 is 0 Å². The van der Waals surface area contributed by atoms with E-state index in [0.717, 1.165) is 31.1 Å². The number of nitrogens with zero attached hydrogens (tertiary/aromatic N) is 2. The number of rotatable bonds is 4. The third kappa shape index (κ3) is 3.11. The lowest BCUT2D eigenvalue weighted by molar-refractivity contribution is 0.218. The molecule has 1 aromatic heterocycles. The van der Waals surface area contributed by atoms with Gasteiger partial charge in [0.05, 0.1) is 24.7 Å². The Morgan fingerprint density at radius 3 is 3.20 bits per heavy atom. The maximum Gasteiger partial charge on any atom is 0.157 e. The van der Waals surface area contributed by atoms with Crippen LogP contribution >= 0.6 is 0 Å². The molecule has 2 heterocycles. The fourth-order valence-corrected chi connectivity index (χ4v) is 2.44. The van der Waals surface area contributed by atoms with Crippen molar-refractivity contribution in [1.82, 2.24) is 15.1 Å². The number of piperidine rings is 1. The number of phenolic OH excluding ortho intramolecular Hbond substituents is 1. The molecule has 2 N–H and O–H groups in total. The number of aromatic nitrogens is 2. The van der Waals surface area contributed by atoms with Gasteiger partial charge in [-0.1, -0.05) is 6.07 Å². The highest BCUT2D eigenvalue weighted by molar-refractivity contribution is 5.38. The van der Waals surface area contributed by atoms with E-state index in [9.17, 15) is 5.11 Å². The second kappa shape index (κ2) is 5.96. The van der Waals surface area contributed by atoms with E-state index in [-0.39, 0.29) is 5.75 Å². The molecule has 1 fully saturated rings. The topological polar surface area (TPSA) is 59.3 Å². The van der Waals surface area contributed by atoms with Crippen LogP contribution < -0.4 is 10.1 Å². The van der Waals surface area contributed by atoms with Crippen LogP contribution in [0.3, 0.4) is 0 Å². The van der Waals surface area contributed by atoms with Crippen molar-refractivity contribution in [2.75, 3.05) is 19.7 Å². The zero-order chi connectivity index (χ0) is 13.8. The van der Waals surface area contributed by atoms with E-state index in [0.29, 0.717) is 5.92 Å². The van der Waals surface area contributed by atoms with Crippen LogP contribution in [0.15, 0.2) is 36.7 Å². The van der Waals surface area contributed by atoms with Crippen LogP contribution in [0.5, 0.6) is 11.5 Å². The van der Waals surface area contributed by atoms with Gasteiger partial charge in [0, 0.05) is 18.5 Å². The molecule has 106 valence electrons. The van der Waals surface area contributed by atoms with Gasteiger partial charge in [0.15, 0.2) is 5.75 Å². The average molecular weight is 273 g/mol.